The molecule has 2 N–H and O–H groups in total. The molecule has 10 heteroatoms. The van der Waals surface area contributed by atoms with Crippen LogP contribution in [0.2, 0.25) is 0 Å². The van der Waals surface area contributed by atoms with Crippen LogP contribution in [0, 0.1) is 0 Å². The van der Waals surface area contributed by atoms with E-state index in [0.29, 0.717) is 17.2 Å². The van der Waals surface area contributed by atoms with Crippen LogP contribution in [-0.2, 0) is 10.5 Å². The third-order valence-corrected chi connectivity index (χ3v) is 5.30. The van der Waals surface area contributed by atoms with Crippen LogP contribution in [0.25, 0.3) is 10.6 Å². The number of halogens is 3. The maximum absolute atomic E-state index is 12.3. The molecule has 0 saturated carbocycles. The maximum Gasteiger partial charge on any atom is 0.405 e. The Morgan fingerprint density at radius 1 is 1.18 bits per heavy atom. The average Bonchev–Trinajstić information content (AvgIpc) is 3.31. The molecule has 0 aliphatic carbocycles. The van der Waals surface area contributed by atoms with Gasteiger partial charge < -0.3 is 15.2 Å². The predicted octanol–water partition coefficient (Wildman–Crippen LogP) is 5.25. The third kappa shape index (κ3) is 6.31. The topological polar surface area (TPSA) is 67.2 Å². The van der Waals surface area contributed by atoms with Crippen molar-refractivity contribution >= 4 is 40.4 Å². The standard InChI is InChI=1S/C18H16F3N3O2S2/c19-18(20,21)11-22-12-3-1-4-13(7-12)23-17(25)10-27-9-14-8-15(26-24-14)16-5-2-6-28-16/h1-8,22H,9-11H2,(H,23,25). The van der Waals surface area contributed by atoms with Gasteiger partial charge in [0.25, 0.3) is 0 Å². The van der Waals surface area contributed by atoms with Crippen LogP contribution in [0.15, 0.2) is 52.4 Å². The largest absolute Gasteiger partial charge is 0.405 e. The summed E-state index contributed by atoms with van der Waals surface area (Å²) in [5, 5.41) is 10.9. The number of anilines is 2. The van der Waals surface area contributed by atoms with Gasteiger partial charge in [-0.15, -0.1) is 23.1 Å². The number of aromatic nitrogens is 1. The van der Waals surface area contributed by atoms with E-state index in [1.807, 2.05) is 23.6 Å². The van der Waals surface area contributed by atoms with Gasteiger partial charge >= 0.3 is 6.18 Å². The summed E-state index contributed by atoms with van der Waals surface area (Å²) in [4.78, 5) is 13.0. The summed E-state index contributed by atoms with van der Waals surface area (Å²) in [6, 6.07) is 11.9. The smallest absolute Gasteiger partial charge is 0.376 e. The van der Waals surface area contributed by atoms with E-state index in [1.165, 1.54) is 23.9 Å². The Balaban J connectivity index is 1.44. The first kappa shape index (κ1) is 20.3. The van der Waals surface area contributed by atoms with E-state index < -0.39 is 12.7 Å². The highest BCUT2D eigenvalue weighted by atomic mass is 32.2. The number of carbonyl (C=O) groups is 1. The minimum Gasteiger partial charge on any atom is -0.376 e. The highest BCUT2D eigenvalue weighted by Crippen LogP contribution is 2.26. The second-order valence-electron chi connectivity index (χ2n) is 5.75. The van der Waals surface area contributed by atoms with Gasteiger partial charge in [-0.25, -0.2) is 0 Å². The molecule has 1 aromatic carbocycles. The molecule has 5 nitrogen and oxygen atoms in total. The van der Waals surface area contributed by atoms with Crippen molar-refractivity contribution in [2.75, 3.05) is 22.9 Å². The van der Waals surface area contributed by atoms with Crippen molar-refractivity contribution in [2.45, 2.75) is 11.9 Å². The molecule has 0 bridgehead atoms. The van der Waals surface area contributed by atoms with E-state index >= 15 is 0 Å². The van der Waals surface area contributed by atoms with Gasteiger partial charge in [-0.2, -0.15) is 13.2 Å². The Kier molecular flexibility index (Phi) is 6.63. The van der Waals surface area contributed by atoms with Crippen LogP contribution in [0.5, 0.6) is 0 Å². The molecule has 0 radical (unpaired) electrons. The van der Waals surface area contributed by atoms with Gasteiger partial charge in [-0.1, -0.05) is 17.3 Å². The van der Waals surface area contributed by atoms with Crippen LogP contribution in [-0.4, -0.2) is 29.5 Å². The van der Waals surface area contributed by atoms with E-state index in [9.17, 15) is 18.0 Å². The molecule has 0 spiro atoms. The average molecular weight is 427 g/mol. The number of hydrogen-bond acceptors (Lipinski definition) is 6. The first-order valence-electron chi connectivity index (χ1n) is 8.17. The first-order chi connectivity index (χ1) is 13.4. The second-order valence-corrected chi connectivity index (χ2v) is 7.68. The van der Waals surface area contributed by atoms with E-state index in [-0.39, 0.29) is 17.3 Å². The van der Waals surface area contributed by atoms with Crippen molar-refractivity contribution in [2.24, 2.45) is 0 Å². The molecule has 0 atom stereocenters. The van der Waals surface area contributed by atoms with Crippen LogP contribution in [0.3, 0.4) is 0 Å². The summed E-state index contributed by atoms with van der Waals surface area (Å²) < 4.78 is 42.1. The van der Waals surface area contributed by atoms with Gasteiger partial charge in [-0.3, -0.25) is 4.79 Å². The van der Waals surface area contributed by atoms with Gasteiger partial charge in [-0.05, 0) is 29.6 Å². The SMILES string of the molecule is O=C(CSCc1cc(-c2cccs2)on1)Nc1cccc(NCC(F)(F)F)c1. The highest BCUT2D eigenvalue weighted by Gasteiger charge is 2.26. The fourth-order valence-corrected chi connectivity index (χ4v) is 3.65. The Morgan fingerprint density at radius 2 is 2.00 bits per heavy atom. The normalized spacial score (nSPS) is 11.4. The third-order valence-electron chi connectivity index (χ3n) is 3.45. The Labute approximate surface area is 167 Å². The molecule has 0 fully saturated rings. The molecule has 0 aliphatic rings. The number of nitrogens with zero attached hydrogens (tertiary/aromatic N) is 1. The lowest BCUT2D eigenvalue weighted by Gasteiger charge is -2.11. The van der Waals surface area contributed by atoms with Crippen LogP contribution < -0.4 is 10.6 Å². The molecule has 0 unspecified atom stereocenters. The monoisotopic (exact) mass is 427 g/mol. The summed E-state index contributed by atoms with van der Waals surface area (Å²) in [5.41, 5.74) is 1.45. The molecule has 0 aliphatic heterocycles. The number of amides is 1. The quantitative estimate of drug-likeness (QED) is 0.514. The van der Waals surface area contributed by atoms with Crippen LogP contribution in [0.1, 0.15) is 5.69 Å². The second kappa shape index (κ2) is 9.16. The maximum atomic E-state index is 12.3. The van der Waals surface area contributed by atoms with Gasteiger partial charge in [0.1, 0.15) is 6.54 Å². The van der Waals surface area contributed by atoms with Crippen molar-refractivity contribution in [3.63, 3.8) is 0 Å². The van der Waals surface area contributed by atoms with Crippen LogP contribution >= 0.6 is 23.1 Å². The predicted molar refractivity (Wildman–Crippen MR) is 106 cm³/mol. The van der Waals surface area contributed by atoms with E-state index in [2.05, 4.69) is 15.8 Å². The minimum absolute atomic E-state index is 0.182. The molecular weight excluding hydrogens is 411 g/mol. The number of carbonyl (C=O) groups excluding carboxylic acids is 1. The summed E-state index contributed by atoms with van der Waals surface area (Å²) in [6.45, 7) is -1.13. The van der Waals surface area contributed by atoms with Gasteiger partial charge in [0.15, 0.2) is 5.76 Å². The van der Waals surface area contributed by atoms with E-state index in [0.717, 1.165) is 10.6 Å². The lowest BCUT2D eigenvalue weighted by atomic mass is 10.2. The van der Waals surface area contributed by atoms with Crippen molar-refractivity contribution in [1.82, 2.24) is 5.16 Å². The molecule has 148 valence electrons. The number of rotatable bonds is 8. The Hall–Kier alpha value is -2.46. The molecule has 28 heavy (non-hydrogen) atoms. The Bertz CT molecular complexity index is 911. The fraction of sp³-hybridized carbons (Fsp3) is 0.222. The number of nitrogens with one attached hydrogen (secondary N) is 2. The summed E-state index contributed by atoms with van der Waals surface area (Å²) in [5.74, 6) is 1.13. The summed E-state index contributed by atoms with van der Waals surface area (Å²) >= 11 is 2.92. The highest BCUT2D eigenvalue weighted by molar-refractivity contribution is 7.99. The first-order valence-corrected chi connectivity index (χ1v) is 10.2. The lowest BCUT2D eigenvalue weighted by molar-refractivity contribution is -0.115. The number of thiophene rings is 1. The number of thioether (sulfide) groups is 1. The zero-order valence-corrected chi connectivity index (χ0v) is 16.1. The minimum atomic E-state index is -4.31. The number of hydrogen-bond donors (Lipinski definition) is 2. The molecule has 3 aromatic rings. The lowest BCUT2D eigenvalue weighted by Crippen LogP contribution is -2.21. The van der Waals surface area contributed by atoms with Crippen LogP contribution in [0.4, 0.5) is 24.5 Å². The number of benzene rings is 1. The van der Waals surface area contributed by atoms with Crippen molar-refractivity contribution in [3.05, 3.63) is 53.5 Å². The van der Waals surface area contributed by atoms with E-state index in [4.69, 9.17) is 4.52 Å². The summed E-state index contributed by atoms with van der Waals surface area (Å²) in [6.07, 6.45) is -4.31. The zero-order valence-electron chi connectivity index (χ0n) is 14.5. The fourth-order valence-electron chi connectivity index (χ4n) is 2.27. The van der Waals surface area contributed by atoms with Gasteiger partial charge in [0, 0.05) is 23.2 Å². The molecule has 1 amide bonds. The molecule has 2 heterocycles. The van der Waals surface area contributed by atoms with E-state index in [1.54, 1.807) is 23.5 Å². The number of alkyl halides is 3. The molecule has 0 saturated heterocycles. The summed E-state index contributed by atoms with van der Waals surface area (Å²) in [7, 11) is 0. The van der Waals surface area contributed by atoms with Crippen molar-refractivity contribution in [3.8, 4) is 10.6 Å². The van der Waals surface area contributed by atoms with Crippen molar-refractivity contribution in [1.29, 1.82) is 0 Å². The van der Waals surface area contributed by atoms with Crippen molar-refractivity contribution < 1.29 is 22.5 Å². The zero-order chi connectivity index (χ0) is 20.0. The Morgan fingerprint density at radius 3 is 2.75 bits per heavy atom. The van der Waals surface area contributed by atoms with Gasteiger partial charge in [0.05, 0.1) is 16.3 Å². The molecular formula is C18H16F3N3O2S2. The molecule has 3 rings (SSSR count). The molecule has 2 aromatic heterocycles. The van der Waals surface area contributed by atoms with Gasteiger partial charge in [0.2, 0.25) is 5.91 Å².